The maximum atomic E-state index is 12.4. The van der Waals surface area contributed by atoms with Gasteiger partial charge in [0.25, 0.3) is 5.91 Å². The summed E-state index contributed by atoms with van der Waals surface area (Å²) in [6.45, 7) is 2.79. The first-order chi connectivity index (χ1) is 9.54. The lowest BCUT2D eigenvalue weighted by molar-refractivity contribution is 0.0749. The summed E-state index contributed by atoms with van der Waals surface area (Å²) in [5.41, 5.74) is 9.22. The number of carbonyl (C=O) groups is 1. The summed E-state index contributed by atoms with van der Waals surface area (Å²) < 4.78 is 0. The van der Waals surface area contributed by atoms with E-state index in [1.54, 1.807) is 11.8 Å². The van der Waals surface area contributed by atoms with Crippen molar-refractivity contribution in [3.05, 3.63) is 63.1 Å². The van der Waals surface area contributed by atoms with Crippen molar-refractivity contribution >= 4 is 11.6 Å². The van der Waals surface area contributed by atoms with Crippen LogP contribution in [0.25, 0.3) is 0 Å². The number of aromatic amines is 1. The predicted molar refractivity (Wildman–Crippen MR) is 76.2 cm³/mol. The number of nitrogens with zero attached hydrogens (tertiary/aromatic N) is 1. The molecule has 0 spiro atoms. The SMILES string of the molecule is Cc1cc(=O)c(C(=O)N2Cc3ccc(N)cc3C2)c[nH]1. The van der Waals surface area contributed by atoms with Gasteiger partial charge in [0.1, 0.15) is 5.56 Å². The number of benzene rings is 1. The number of aromatic nitrogens is 1. The molecule has 0 atom stereocenters. The number of H-pyrrole nitrogens is 1. The molecule has 5 heteroatoms. The Morgan fingerprint density at radius 1 is 1.25 bits per heavy atom. The lowest BCUT2D eigenvalue weighted by atomic mass is 10.1. The molecule has 3 rings (SSSR count). The average molecular weight is 269 g/mol. The minimum Gasteiger partial charge on any atom is -0.399 e. The lowest BCUT2D eigenvalue weighted by Gasteiger charge is -2.14. The predicted octanol–water partition coefficient (Wildman–Crippen LogP) is 1.42. The van der Waals surface area contributed by atoms with Gasteiger partial charge in [-0.3, -0.25) is 9.59 Å². The summed E-state index contributed by atoms with van der Waals surface area (Å²) in [5.74, 6) is -0.249. The summed E-state index contributed by atoms with van der Waals surface area (Å²) in [7, 11) is 0. The maximum Gasteiger partial charge on any atom is 0.259 e. The van der Waals surface area contributed by atoms with Crippen molar-refractivity contribution in [2.24, 2.45) is 0 Å². The zero-order chi connectivity index (χ0) is 14.3. The second-order valence-electron chi connectivity index (χ2n) is 5.08. The summed E-state index contributed by atoms with van der Waals surface area (Å²) in [6.07, 6.45) is 1.48. The van der Waals surface area contributed by atoms with Crippen LogP contribution in [0, 0.1) is 6.92 Å². The maximum absolute atomic E-state index is 12.4. The van der Waals surface area contributed by atoms with Crippen LogP contribution in [-0.4, -0.2) is 15.8 Å². The van der Waals surface area contributed by atoms with Crippen LogP contribution in [-0.2, 0) is 13.1 Å². The smallest absolute Gasteiger partial charge is 0.259 e. The number of rotatable bonds is 1. The van der Waals surface area contributed by atoms with E-state index in [1.165, 1.54) is 12.3 Å². The number of aryl methyl sites for hydroxylation is 1. The van der Waals surface area contributed by atoms with Crippen molar-refractivity contribution in [1.29, 1.82) is 0 Å². The Morgan fingerprint density at radius 3 is 2.75 bits per heavy atom. The molecule has 3 N–H and O–H groups in total. The molecule has 1 aliphatic heterocycles. The molecule has 20 heavy (non-hydrogen) atoms. The third kappa shape index (κ3) is 2.07. The number of fused-ring (bicyclic) bond motifs is 1. The molecule has 1 amide bonds. The van der Waals surface area contributed by atoms with E-state index in [0.29, 0.717) is 18.8 Å². The van der Waals surface area contributed by atoms with E-state index in [4.69, 9.17) is 5.73 Å². The first-order valence-electron chi connectivity index (χ1n) is 6.40. The van der Waals surface area contributed by atoms with Gasteiger partial charge in [-0.1, -0.05) is 6.07 Å². The van der Waals surface area contributed by atoms with E-state index in [1.807, 2.05) is 18.2 Å². The first kappa shape index (κ1) is 12.5. The Bertz CT molecular complexity index is 749. The second-order valence-corrected chi connectivity index (χ2v) is 5.08. The number of nitrogens with one attached hydrogen (secondary N) is 1. The molecule has 0 saturated heterocycles. The highest BCUT2D eigenvalue weighted by molar-refractivity contribution is 5.94. The minimum absolute atomic E-state index is 0.177. The van der Waals surface area contributed by atoms with E-state index >= 15 is 0 Å². The number of hydrogen-bond acceptors (Lipinski definition) is 3. The van der Waals surface area contributed by atoms with E-state index in [0.717, 1.165) is 16.8 Å². The minimum atomic E-state index is -0.249. The van der Waals surface area contributed by atoms with Crippen molar-refractivity contribution in [2.45, 2.75) is 20.0 Å². The van der Waals surface area contributed by atoms with E-state index < -0.39 is 0 Å². The van der Waals surface area contributed by atoms with Gasteiger partial charge in [-0.25, -0.2) is 0 Å². The molecule has 1 aromatic heterocycles. The molecule has 0 unspecified atom stereocenters. The quantitative estimate of drug-likeness (QED) is 0.768. The highest BCUT2D eigenvalue weighted by Gasteiger charge is 2.25. The van der Waals surface area contributed by atoms with Crippen molar-refractivity contribution < 1.29 is 4.79 Å². The molecule has 102 valence electrons. The van der Waals surface area contributed by atoms with Gasteiger partial charge in [0, 0.05) is 36.7 Å². The Balaban J connectivity index is 1.89. The van der Waals surface area contributed by atoms with Gasteiger partial charge in [0.05, 0.1) is 0 Å². The summed E-state index contributed by atoms with van der Waals surface area (Å²) in [4.78, 5) is 28.8. The third-order valence-corrected chi connectivity index (χ3v) is 3.53. The van der Waals surface area contributed by atoms with E-state index in [9.17, 15) is 9.59 Å². The number of pyridine rings is 1. The molecule has 2 aromatic rings. The standard InChI is InChI=1S/C15H15N3O2/c1-9-4-14(19)13(6-17-9)15(20)18-7-10-2-3-12(16)5-11(10)8-18/h2-6H,7-8,16H2,1H3,(H,17,19). The Hall–Kier alpha value is -2.56. The van der Waals surface area contributed by atoms with E-state index in [2.05, 4.69) is 4.98 Å². The largest absolute Gasteiger partial charge is 0.399 e. The molecular weight excluding hydrogens is 254 g/mol. The molecule has 0 bridgehead atoms. The number of hydrogen-bond donors (Lipinski definition) is 2. The van der Waals surface area contributed by atoms with Crippen LogP contribution in [0.15, 0.2) is 35.3 Å². The van der Waals surface area contributed by atoms with Crippen LogP contribution in [0.1, 0.15) is 27.2 Å². The number of nitrogens with two attached hydrogens (primary N) is 1. The zero-order valence-electron chi connectivity index (χ0n) is 11.1. The van der Waals surface area contributed by atoms with E-state index in [-0.39, 0.29) is 16.9 Å². The lowest BCUT2D eigenvalue weighted by Crippen LogP contribution is -2.30. The molecule has 0 radical (unpaired) electrons. The monoisotopic (exact) mass is 269 g/mol. The summed E-state index contributed by atoms with van der Waals surface area (Å²) in [6, 6.07) is 7.07. The van der Waals surface area contributed by atoms with Crippen LogP contribution in [0.4, 0.5) is 5.69 Å². The third-order valence-electron chi connectivity index (χ3n) is 3.53. The number of anilines is 1. The molecule has 1 aliphatic rings. The van der Waals surface area contributed by atoms with Gasteiger partial charge in [0.15, 0.2) is 5.43 Å². The molecule has 1 aromatic carbocycles. The topological polar surface area (TPSA) is 79.2 Å². The molecule has 5 nitrogen and oxygen atoms in total. The number of nitrogen functional groups attached to an aromatic ring is 1. The molecule has 2 heterocycles. The molecule has 0 aliphatic carbocycles. The summed E-state index contributed by atoms with van der Waals surface area (Å²) >= 11 is 0. The van der Waals surface area contributed by atoms with Crippen LogP contribution < -0.4 is 11.2 Å². The normalized spacial score (nSPS) is 13.3. The van der Waals surface area contributed by atoms with Gasteiger partial charge >= 0.3 is 0 Å². The first-order valence-corrected chi connectivity index (χ1v) is 6.40. The van der Waals surface area contributed by atoms with Crippen molar-refractivity contribution in [3.63, 3.8) is 0 Å². The van der Waals surface area contributed by atoms with Gasteiger partial charge in [-0.05, 0) is 30.2 Å². The van der Waals surface area contributed by atoms with Crippen LogP contribution in [0.5, 0.6) is 0 Å². The highest BCUT2D eigenvalue weighted by Crippen LogP contribution is 2.25. The average Bonchev–Trinajstić information content (AvgIpc) is 2.81. The van der Waals surface area contributed by atoms with Gasteiger partial charge < -0.3 is 15.6 Å². The molecule has 0 saturated carbocycles. The Kier molecular flexibility index (Phi) is 2.82. The fraction of sp³-hybridized carbons (Fsp3) is 0.200. The molecule has 0 fully saturated rings. The number of carbonyl (C=O) groups excluding carboxylic acids is 1. The van der Waals surface area contributed by atoms with Gasteiger partial charge in [0.2, 0.25) is 0 Å². The Morgan fingerprint density at radius 2 is 2.00 bits per heavy atom. The Labute approximate surface area is 116 Å². The van der Waals surface area contributed by atoms with Crippen molar-refractivity contribution in [3.8, 4) is 0 Å². The zero-order valence-corrected chi connectivity index (χ0v) is 11.1. The van der Waals surface area contributed by atoms with Gasteiger partial charge in [-0.2, -0.15) is 0 Å². The van der Waals surface area contributed by atoms with Gasteiger partial charge in [-0.15, -0.1) is 0 Å². The van der Waals surface area contributed by atoms with Crippen LogP contribution in [0.3, 0.4) is 0 Å². The summed E-state index contributed by atoms with van der Waals surface area (Å²) in [5, 5.41) is 0. The second kappa shape index (κ2) is 4.52. The number of amides is 1. The van der Waals surface area contributed by atoms with Crippen LogP contribution >= 0.6 is 0 Å². The van der Waals surface area contributed by atoms with Crippen LogP contribution in [0.2, 0.25) is 0 Å². The van der Waals surface area contributed by atoms with Crippen molar-refractivity contribution in [1.82, 2.24) is 9.88 Å². The van der Waals surface area contributed by atoms with Crippen molar-refractivity contribution in [2.75, 3.05) is 5.73 Å². The fourth-order valence-electron chi connectivity index (χ4n) is 2.47. The molecular formula is C15H15N3O2. The highest BCUT2D eigenvalue weighted by atomic mass is 16.2. The fourth-order valence-corrected chi connectivity index (χ4v) is 2.47.